The van der Waals surface area contributed by atoms with E-state index < -0.39 is 10.0 Å². The monoisotopic (exact) mass is 389 g/mol. The van der Waals surface area contributed by atoms with E-state index in [1.54, 1.807) is 26.0 Å². The third-order valence-electron chi connectivity index (χ3n) is 4.79. The van der Waals surface area contributed by atoms with Crippen LogP contribution >= 0.6 is 12.4 Å². The van der Waals surface area contributed by atoms with Crippen molar-refractivity contribution in [1.29, 1.82) is 0 Å². The smallest absolute Gasteiger partial charge is 0.251 e. The van der Waals surface area contributed by atoms with E-state index >= 15 is 0 Å². The molecule has 0 aromatic heterocycles. The molecule has 0 aliphatic heterocycles. The molecular formula is C17H28ClN3O3S. The Balaban J connectivity index is 0.00000312. The molecule has 1 aromatic carbocycles. The Kier molecular flexibility index (Phi) is 7.87. The lowest BCUT2D eigenvalue weighted by molar-refractivity contribution is 0.0903. The number of amides is 1. The van der Waals surface area contributed by atoms with Crippen molar-refractivity contribution in [2.24, 2.45) is 5.73 Å². The van der Waals surface area contributed by atoms with Crippen molar-refractivity contribution in [3.8, 4) is 0 Å². The summed E-state index contributed by atoms with van der Waals surface area (Å²) in [6.07, 6.45) is 3.92. The first kappa shape index (κ1) is 21.9. The zero-order valence-electron chi connectivity index (χ0n) is 14.8. The summed E-state index contributed by atoms with van der Waals surface area (Å²) in [4.78, 5) is 12.7. The molecule has 142 valence electrons. The Bertz CT molecular complexity index is 667. The zero-order valence-corrected chi connectivity index (χ0v) is 16.5. The second-order valence-electron chi connectivity index (χ2n) is 6.26. The Morgan fingerprint density at radius 3 is 2.12 bits per heavy atom. The number of hydrogen-bond acceptors (Lipinski definition) is 4. The lowest BCUT2D eigenvalue weighted by Crippen LogP contribution is -2.51. The Hall–Kier alpha value is -1.15. The van der Waals surface area contributed by atoms with Crippen LogP contribution in [0.2, 0.25) is 0 Å². The van der Waals surface area contributed by atoms with Crippen molar-refractivity contribution in [2.75, 3.05) is 19.6 Å². The first-order valence-electron chi connectivity index (χ1n) is 8.51. The Labute approximate surface area is 156 Å². The topological polar surface area (TPSA) is 92.5 Å². The van der Waals surface area contributed by atoms with Crippen molar-refractivity contribution in [3.63, 3.8) is 0 Å². The molecule has 3 N–H and O–H groups in total. The van der Waals surface area contributed by atoms with E-state index in [4.69, 9.17) is 5.73 Å². The number of sulfonamides is 1. The standard InChI is InChI=1S/C17H27N3O3S.ClH/c1-3-20(4-2)24(22,23)15-9-7-14(8-10-15)16(21)19-17(13-18)11-5-6-12-17;/h7-10H,3-6,11-13,18H2,1-2H3,(H,19,21);1H. The van der Waals surface area contributed by atoms with Crippen LogP contribution in [0.4, 0.5) is 0 Å². The highest BCUT2D eigenvalue weighted by molar-refractivity contribution is 7.89. The van der Waals surface area contributed by atoms with Crippen LogP contribution < -0.4 is 11.1 Å². The van der Waals surface area contributed by atoms with Crippen LogP contribution in [0, 0.1) is 0 Å². The lowest BCUT2D eigenvalue weighted by Gasteiger charge is -2.28. The van der Waals surface area contributed by atoms with Crippen LogP contribution in [0.1, 0.15) is 49.9 Å². The van der Waals surface area contributed by atoms with Gasteiger partial charge in [-0.15, -0.1) is 12.4 Å². The molecular weight excluding hydrogens is 362 g/mol. The Morgan fingerprint density at radius 2 is 1.68 bits per heavy atom. The van der Waals surface area contributed by atoms with E-state index in [-0.39, 0.29) is 28.7 Å². The highest BCUT2D eigenvalue weighted by atomic mass is 35.5. The number of nitrogens with two attached hydrogens (primary N) is 1. The molecule has 1 aliphatic carbocycles. The van der Waals surface area contributed by atoms with Gasteiger partial charge in [0.15, 0.2) is 0 Å². The number of benzene rings is 1. The van der Waals surface area contributed by atoms with Crippen LogP contribution in [-0.4, -0.2) is 43.8 Å². The largest absolute Gasteiger partial charge is 0.345 e. The number of hydrogen-bond donors (Lipinski definition) is 2. The molecule has 1 aliphatic rings. The third kappa shape index (κ3) is 4.73. The summed E-state index contributed by atoms with van der Waals surface area (Å²) in [6.45, 7) is 4.86. The normalized spacial score (nSPS) is 16.5. The molecule has 0 atom stereocenters. The summed E-state index contributed by atoms with van der Waals surface area (Å²) in [5.74, 6) is -0.200. The minimum absolute atomic E-state index is 0. The first-order chi connectivity index (χ1) is 11.4. The maximum absolute atomic E-state index is 12.5. The molecule has 0 unspecified atom stereocenters. The molecule has 2 rings (SSSR count). The third-order valence-corrected chi connectivity index (χ3v) is 6.85. The molecule has 0 saturated heterocycles. The van der Waals surface area contributed by atoms with Gasteiger partial charge in [0.05, 0.1) is 10.4 Å². The van der Waals surface area contributed by atoms with Gasteiger partial charge >= 0.3 is 0 Å². The van der Waals surface area contributed by atoms with E-state index in [2.05, 4.69) is 5.32 Å². The van der Waals surface area contributed by atoms with E-state index in [1.807, 2.05) is 0 Å². The molecule has 1 fully saturated rings. The number of nitrogens with zero attached hydrogens (tertiary/aromatic N) is 1. The minimum Gasteiger partial charge on any atom is -0.345 e. The zero-order chi connectivity index (χ0) is 17.8. The molecule has 1 amide bonds. The van der Waals surface area contributed by atoms with Crippen LogP contribution in [-0.2, 0) is 10.0 Å². The maximum atomic E-state index is 12.5. The first-order valence-corrected chi connectivity index (χ1v) is 9.95. The summed E-state index contributed by atoms with van der Waals surface area (Å²) in [5.41, 5.74) is 5.98. The van der Waals surface area contributed by atoms with Gasteiger partial charge in [0, 0.05) is 25.2 Å². The lowest BCUT2D eigenvalue weighted by atomic mass is 9.97. The quantitative estimate of drug-likeness (QED) is 0.747. The number of halogens is 1. The second kappa shape index (κ2) is 8.98. The number of nitrogens with one attached hydrogen (secondary N) is 1. The summed E-state index contributed by atoms with van der Waals surface area (Å²) in [5, 5.41) is 3.04. The van der Waals surface area contributed by atoms with Crippen molar-refractivity contribution in [2.45, 2.75) is 50.0 Å². The SMILES string of the molecule is CCN(CC)S(=O)(=O)c1ccc(C(=O)NC2(CN)CCCC2)cc1.Cl. The van der Waals surface area contributed by atoms with E-state index in [1.165, 1.54) is 16.4 Å². The molecule has 0 radical (unpaired) electrons. The van der Waals surface area contributed by atoms with Crippen molar-refractivity contribution in [3.05, 3.63) is 29.8 Å². The van der Waals surface area contributed by atoms with Crippen LogP contribution in [0.3, 0.4) is 0 Å². The minimum atomic E-state index is -3.50. The van der Waals surface area contributed by atoms with Gasteiger partial charge in [-0.3, -0.25) is 4.79 Å². The number of carbonyl (C=O) groups is 1. The summed E-state index contributed by atoms with van der Waals surface area (Å²) in [6, 6.07) is 6.11. The molecule has 1 saturated carbocycles. The molecule has 8 heteroatoms. The average Bonchev–Trinajstić information content (AvgIpc) is 3.05. The van der Waals surface area contributed by atoms with E-state index in [0.717, 1.165) is 25.7 Å². The molecule has 1 aromatic rings. The van der Waals surface area contributed by atoms with Gasteiger partial charge in [0.2, 0.25) is 10.0 Å². The van der Waals surface area contributed by atoms with Gasteiger partial charge in [0.1, 0.15) is 0 Å². The molecule has 0 spiro atoms. The maximum Gasteiger partial charge on any atom is 0.251 e. The second-order valence-corrected chi connectivity index (χ2v) is 8.20. The highest BCUT2D eigenvalue weighted by Gasteiger charge is 2.34. The average molecular weight is 390 g/mol. The van der Waals surface area contributed by atoms with Gasteiger partial charge in [-0.05, 0) is 37.1 Å². The number of rotatable bonds is 7. The van der Waals surface area contributed by atoms with Gasteiger partial charge < -0.3 is 11.1 Å². The Morgan fingerprint density at radius 1 is 1.16 bits per heavy atom. The van der Waals surface area contributed by atoms with Crippen molar-refractivity contribution >= 4 is 28.3 Å². The van der Waals surface area contributed by atoms with Gasteiger partial charge in [-0.2, -0.15) is 4.31 Å². The predicted molar refractivity (Wildman–Crippen MR) is 102 cm³/mol. The molecule has 0 heterocycles. The summed E-state index contributed by atoms with van der Waals surface area (Å²) < 4.78 is 26.3. The fourth-order valence-electron chi connectivity index (χ4n) is 3.24. The van der Waals surface area contributed by atoms with Gasteiger partial charge in [-0.1, -0.05) is 26.7 Å². The number of carbonyl (C=O) groups excluding carboxylic acids is 1. The van der Waals surface area contributed by atoms with E-state index in [9.17, 15) is 13.2 Å². The molecule has 6 nitrogen and oxygen atoms in total. The fraction of sp³-hybridized carbons (Fsp3) is 0.588. The van der Waals surface area contributed by atoms with Gasteiger partial charge in [-0.25, -0.2) is 8.42 Å². The summed E-state index contributed by atoms with van der Waals surface area (Å²) in [7, 11) is -3.50. The van der Waals surface area contributed by atoms with E-state index in [0.29, 0.717) is 25.2 Å². The fourth-order valence-corrected chi connectivity index (χ4v) is 4.69. The van der Waals surface area contributed by atoms with Crippen molar-refractivity contribution < 1.29 is 13.2 Å². The molecule has 0 bridgehead atoms. The summed E-state index contributed by atoms with van der Waals surface area (Å²) >= 11 is 0. The highest BCUT2D eigenvalue weighted by Crippen LogP contribution is 2.29. The van der Waals surface area contributed by atoms with Crippen LogP contribution in [0.15, 0.2) is 29.2 Å². The molecule has 25 heavy (non-hydrogen) atoms. The van der Waals surface area contributed by atoms with Crippen LogP contribution in [0.5, 0.6) is 0 Å². The van der Waals surface area contributed by atoms with Gasteiger partial charge in [0.25, 0.3) is 5.91 Å². The van der Waals surface area contributed by atoms with Crippen LogP contribution in [0.25, 0.3) is 0 Å². The van der Waals surface area contributed by atoms with Crippen molar-refractivity contribution in [1.82, 2.24) is 9.62 Å². The predicted octanol–water partition coefficient (Wildman–Crippen LogP) is 2.14.